The Labute approximate surface area is 203 Å². The molecular formula is C25H19FN6O4. The predicted molar refractivity (Wildman–Crippen MR) is 132 cm³/mol. The lowest BCUT2D eigenvalue weighted by molar-refractivity contribution is 0.203. The van der Waals surface area contributed by atoms with E-state index in [0.717, 1.165) is 4.90 Å². The van der Waals surface area contributed by atoms with E-state index in [9.17, 15) is 19.1 Å². The number of fused-ring (bicyclic) bond motifs is 1. The second kappa shape index (κ2) is 8.87. The van der Waals surface area contributed by atoms with E-state index in [0.29, 0.717) is 34.1 Å². The number of carboxylic acid groups (broad SMARTS) is 1. The summed E-state index contributed by atoms with van der Waals surface area (Å²) in [6.45, 7) is 0. The van der Waals surface area contributed by atoms with E-state index in [2.05, 4.69) is 9.97 Å². The normalized spacial score (nSPS) is 10.9. The summed E-state index contributed by atoms with van der Waals surface area (Å²) in [5.74, 6) is 0.447. The first-order chi connectivity index (χ1) is 17.3. The number of ether oxygens (including phenoxy) is 1. The number of halogens is 1. The number of aromatic nitrogens is 4. The van der Waals surface area contributed by atoms with Crippen molar-refractivity contribution in [1.29, 1.82) is 0 Å². The molecule has 0 spiro atoms. The Bertz CT molecular complexity index is 1660. The molecule has 11 heteroatoms. The standard InChI is InChI=1S/C25H19FN6O4/c1-30(25(34)35)17-5-3-6-18(13-17)32-23-21(22(27)28-14-29-23)31(24(32)33)16-8-10-19(11-9-16)36-20-7-2-4-15(26)12-20/h2-14H,1H3,(H,34,35)(H2,27,28,29). The van der Waals surface area contributed by atoms with Crippen LogP contribution in [0.15, 0.2) is 83.9 Å². The van der Waals surface area contributed by atoms with Crippen molar-refractivity contribution in [2.75, 3.05) is 17.7 Å². The molecule has 0 saturated carbocycles. The summed E-state index contributed by atoms with van der Waals surface area (Å²) < 4.78 is 21.8. The number of anilines is 2. The van der Waals surface area contributed by atoms with Crippen LogP contribution in [0, 0.1) is 5.82 Å². The van der Waals surface area contributed by atoms with Gasteiger partial charge in [0.05, 0.1) is 11.4 Å². The van der Waals surface area contributed by atoms with Crippen LogP contribution in [-0.4, -0.2) is 37.3 Å². The van der Waals surface area contributed by atoms with E-state index in [1.54, 1.807) is 60.7 Å². The molecule has 0 aliphatic heterocycles. The largest absolute Gasteiger partial charge is 0.465 e. The van der Waals surface area contributed by atoms with E-state index < -0.39 is 17.6 Å². The van der Waals surface area contributed by atoms with Gasteiger partial charge in [-0.3, -0.25) is 9.47 Å². The van der Waals surface area contributed by atoms with Gasteiger partial charge in [-0.25, -0.2) is 28.5 Å². The van der Waals surface area contributed by atoms with Crippen LogP contribution in [0.25, 0.3) is 22.5 Å². The second-order valence-corrected chi connectivity index (χ2v) is 7.80. The fraction of sp³-hybridized carbons (Fsp3) is 0.0400. The minimum absolute atomic E-state index is 0.0924. The highest BCUT2D eigenvalue weighted by molar-refractivity contribution is 5.87. The molecule has 0 aliphatic carbocycles. The molecule has 1 amide bonds. The molecule has 0 atom stereocenters. The summed E-state index contributed by atoms with van der Waals surface area (Å²) in [7, 11) is 1.40. The van der Waals surface area contributed by atoms with Gasteiger partial charge in [-0.05, 0) is 54.6 Å². The Hall–Kier alpha value is -5.19. The van der Waals surface area contributed by atoms with E-state index >= 15 is 0 Å². The molecule has 0 unspecified atom stereocenters. The molecule has 0 fully saturated rings. The fourth-order valence-corrected chi connectivity index (χ4v) is 3.80. The molecule has 2 aromatic heterocycles. The maximum absolute atomic E-state index is 13.7. The molecule has 36 heavy (non-hydrogen) atoms. The summed E-state index contributed by atoms with van der Waals surface area (Å²) in [4.78, 5) is 34.4. The van der Waals surface area contributed by atoms with E-state index in [-0.39, 0.29) is 11.5 Å². The monoisotopic (exact) mass is 486 g/mol. The zero-order valence-corrected chi connectivity index (χ0v) is 18.9. The summed E-state index contributed by atoms with van der Waals surface area (Å²) >= 11 is 0. The van der Waals surface area contributed by atoms with Gasteiger partial charge >= 0.3 is 11.8 Å². The average Bonchev–Trinajstić information content (AvgIpc) is 3.17. The van der Waals surface area contributed by atoms with Crippen molar-refractivity contribution in [1.82, 2.24) is 19.1 Å². The van der Waals surface area contributed by atoms with Gasteiger partial charge in [0.25, 0.3) is 0 Å². The highest BCUT2D eigenvalue weighted by Gasteiger charge is 2.21. The highest BCUT2D eigenvalue weighted by atomic mass is 19.1. The summed E-state index contributed by atoms with van der Waals surface area (Å²) in [5, 5.41) is 9.33. The Morgan fingerprint density at radius 2 is 1.72 bits per heavy atom. The molecular weight excluding hydrogens is 467 g/mol. The molecule has 10 nitrogen and oxygen atoms in total. The summed E-state index contributed by atoms with van der Waals surface area (Å²) in [5.41, 5.74) is 7.45. The lowest BCUT2D eigenvalue weighted by Gasteiger charge is -2.14. The maximum atomic E-state index is 13.7. The van der Waals surface area contributed by atoms with Crippen molar-refractivity contribution >= 4 is 28.8 Å². The number of carbonyl (C=O) groups is 1. The number of nitrogen functional groups attached to an aromatic ring is 1. The van der Waals surface area contributed by atoms with Gasteiger partial charge in [-0.1, -0.05) is 12.1 Å². The first-order valence-corrected chi connectivity index (χ1v) is 10.7. The van der Waals surface area contributed by atoms with Gasteiger partial charge in [0.1, 0.15) is 29.2 Å². The number of rotatable bonds is 5. The number of nitrogens with two attached hydrogens (primary N) is 1. The number of nitrogens with zero attached hydrogens (tertiary/aromatic N) is 5. The SMILES string of the molecule is CN(C(=O)O)c1cccc(-n2c(=O)n(-c3ccc(Oc4cccc(F)c4)cc3)c3c(N)ncnc32)c1. The third-order valence-electron chi connectivity index (χ3n) is 5.54. The Balaban J connectivity index is 1.62. The summed E-state index contributed by atoms with van der Waals surface area (Å²) in [6, 6.07) is 18.8. The Morgan fingerprint density at radius 3 is 2.44 bits per heavy atom. The molecule has 5 aromatic rings. The van der Waals surface area contributed by atoms with E-state index in [4.69, 9.17) is 10.5 Å². The first-order valence-electron chi connectivity index (χ1n) is 10.7. The third-order valence-corrected chi connectivity index (χ3v) is 5.54. The molecule has 0 saturated heterocycles. The topological polar surface area (TPSA) is 128 Å². The van der Waals surface area contributed by atoms with Crippen LogP contribution in [-0.2, 0) is 0 Å². The first kappa shape index (κ1) is 22.6. The van der Waals surface area contributed by atoms with Crippen molar-refractivity contribution in [2.24, 2.45) is 0 Å². The van der Waals surface area contributed by atoms with Crippen molar-refractivity contribution in [3.63, 3.8) is 0 Å². The smallest absolute Gasteiger partial charge is 0.411 e. The van der Waals surface area contributed by atoms with Crippen LogP contribution in [0.3, 0.4) is 0 Å². The van der Waals surface area contributed by atoms with Crippen LogP contribution >= 0.6 is 0 Å². The van der Waals surface area contributed by atoms with E-state index in [1.807, 2.05) is 0 Å². The molecule has 0 bridgehead atoms. The maximum Gasteiger partial charge on any atom is 0.411 e. The molecule has 180 valence electrons. The fourth-order valence-electron chi connectivity index (χ4n) is 3.80. The van der Waals surface area contributed by atoms with Gasteiger partial charge in [0.2, 0.25) is 0 Å². The van der Waals surface area contributed by atoms with Crippen LogP contribution < -0.4 is 21.1 Å². The molecule has 0 aliphatic rings. The quantitative estimate of drug-likeness (QED) is 0.381. The van der Waals surface area contributed by atoms with Crippen LogP contribution in [0.1, 0.15) is 0 Å². The number of hydrogen-bond acceptors (Lipinski definition) is 6. The van der Waals surface area contributed by atoms with Gasteiger partial charge in [0, 0.05) is 18.8 Å². The van der Waals surface area contributed by atoms with E-state index in [1.165, 1.54) is 34.6 Å². The molecule has 2 heterocycles. The lowest BCUT2D eigenvalue weighted by Crippen LogP contribution is -2.25. The van der Waals surface area contributed by atoms with Crippen molar-refractivity contribution in [2.45, 2.75) is 0 Å². The third kappa shape index (κ3) is 3.98. The van der Waals surface area contributed by atoms with Crippen LogP contribution in [0.4, 0.5) is 20.7 Å². The van der Waals surface area contributed by atoms with Crippen LogP contribution in [0.2, 0.25) is 0 Å². The predicted octanol–water partition coefficient (Wildman–Crippen LogP) is 4.20. The second-order valence-electron chi connectivity index (χ2n) is 7.80. The van der Waals surface area contributed by atoms with Gasteiger partial charge < -0.3 is 15.6 Å². The number of amides is 1. The Kier molecular flexibility index (Phi) is 5.57. The summed E-state index contributed by atoms with van der Waals surface area (Å²) in [6.07, 6.45) is 0.107. The lowest BCUT2D eigenvalue weighted by atomic mass is 10.2. The number of benzene rings is 3. The molecule has 3 aromatic carbocycles. The van der Waals surface area contributed by atoms with Crippen molar-refractivity contribution in [3.05, 3.63) is 95.4 Å². The van der Waals surface area contributed by atoms with Gasteiger partial charge in [0.15, 0.2) is 11.5 Å². The minimum atomic E-state index is -1.14. The molecule has 5 rings (SSSR count). The van der Waals surface area contributed by atoms with Crippen molar-refractivity contribution in [3.8, 4) is 22.9 Å². The average molecular weight is 486 g/mol. The number of hydrogen-bond donors (Lipinski definition) is 2. The van der Waals surface area contributed by atoms with Gasteiger partial charge in [-0.15, -0.1) is 0 Å². The van der Waals surface area contributed by atoms with Crippen LogP contribution in [0.5, 0.6) is 11.5 Å². The Morgan fingerprint density at radius 1 is 0.972 bits per heavy atom. The molecule has 3 N–H and O–H groups in total. The zero-order chi connectivity index (χ0) is 25.4. The minimum Gasteiger partial charge on any atom is -0.465 e. The van der Waals surface area contributed by atoms with Gasteiger partial charge in [-0.2, -0.15) is 0 Å². The zero-order valence-electron chi connectivity index (χ0n) is 18.9. The highest BCUT2D eigenvalue weighted by Crippen LogP contribution is 2.27. The number of imidazole rings is 1. The van der Waals surface area contributed by atoms with Crippen molar-refractivity contribution < 1.29 is 19.0 Å². The molecule has 0 radical (unpaired) electrons.